The monoisotopic (exact) mass is 357 g/mol. The van der Waals surface area contributed by atoms with Gasteiger partial charge in [0.1, 0.15) is 4.90 Å². The van der Waals surface area contributed by atoms with Crippen LogP contribution in [0.2, 0.25) is 5.02 Å². The zero-order valence-corrected chi connectivity index (χ0v) is 13.7. The summed E-state index contributed by atoms with van der Waals surface area (Å²) >= 11 is 5.72. The van der Waals surface area contributed by atoms with Gasteiger partial charge >= 0.3 is 0 Å². The minimum absolute atomic E-state index is 0.0933. The molecule has 0 radical (unpaired) electrons. The van der Waals surface area contributed by atoms with Gasteiger partial charge in [-0.15, -0.1) is 0 Å². The molecule has 1 amide bonds. The van der Waals surface area contributed by atoms with E-state index in [1.807, 2.05) is 0 Å². The highest BCUT2D eigenvalue weighted by Gasteiger charge is 2.25. The van der Waals surface area contributed by atoms with Gasteiger partial charge in [0.15, 0.2) is 5.82 Å². The molecule has 1 aromatic carbocycles. The van der Waals surface area contributed by atoms with Crippen LogP contribution >= 0.6 is 22.3 Å². The first kappa shape index (κ1) is 18.2. The Balaban J connectivity index is 3.13. The number of halogens is 3. The van der Waals surface area contributed by atoms with E-state index in [-0.39, 0.29) is 5.02 Å². The topological polar surface area (TPSA) is 63.7 Å². The van der Waals surface area contributed by atoms with Crippen LogP contribution in [0.25, 0.3) is 0 Å². The fourth-order valence-electron chi connectivity index (χ4n) is 1.65. The molecule has 0 aliphatic rings. The van der Waals surface area contributed by atoms with E-state index in [1.165, 1.54) is 19.1 Å². The SMILES string of the molecule is COCCCN(C)C(=O)c1cc(Cl)cc(S(=O)(=O)Cl)c1F. The quantitative estimate of drug-likeness (QED) is 0.579. The molecule has 0 bridgehead atoms. The van der Waals surface area contributed by atoms with Gasteiger partial charge in [0.2, 0.25) is 0 Å². The molecule has 1 rings (SSSR count). The third-order valence-corrected chi connectivity index (χ3v) is 4.23. The highest BCUT2D eigenvalue weighted by atomic mass is 35.7. The number of carbonyl (C=O) groups excluding carboxylic acids is 1. The van der Waals surface area contributed by atoms with Gasteiger partial charge in [-0.25, -0.2) is 12.8 Å². The van der Waals surface area contributed by atoms with Crippen molar-refractivity contribution in [1.29, 1.82) is 0 Å². The molecular formula is C12H14Cl2FNO4S. The molecule has 0 unspecified atom stereocenters. The molecule has 0 fully saturated rings. The van der Waals surface area contributed by atoms with Gasteiger partial charge in [-0.2, -0.15) is 0 Å². The second kappa shape index (κ2) is 7.40. The predicted octanol–water partition coefficient (Wildman–Crippen LogP) is 2.52. The Bertz CT molecular complexity index is 636. The zero-order chi connectivity index (χ0) is 16.2. The van der Waals surface area contributed by atoms with Crippen molar-refractivity contribution in [2.24, 2.45) is 0 Å². The molecule has 0 aliphatic carbocycles. The zero-order valence-electron chi connectivity index (χ0n) is 11.4. The van der Waals surface area contributed by atoms with Crippen molar-refractivity contribution in [3.8, 4) is 0 Å². The van der Waals surface area contributed by atoms with Gasteiger partial charge < -0.3 is 9.64 Å². The van der Waals surface area contributed by atoms with E-state index in [2.05, 4.69) is 0 Å². The minimum Gasteiger partial charge on any atom is -0.385 e. The van der Waals surface area contributed by atoms with Gasteiger partial charge in [-0.3, -0.25) is 4.79 Å². The number of amides is 1. The summed E-state index contributed by atoms with van der Waals surface area (Å²) in [5.41, 5.74) is -0.443. The molecule has 1 aromatic rings. The summed E-state index contributed by atoms with van der Waals surface area (Å²) in [6.07, 6.45) is 0.557. The normalized spacial score (nSPS) is 11.5. The number of methoxy groups -OCH3 is 1. The Labute approximate surface area is 132 Å². The fourth-order valence-corrected chi connectivity index (χ4v) is 2.86. The van der Waals surface area contributed by atoms with Crippen LogP contribution in [0.15, 0.2) is 17.0 Å². The summed E-state index contributed by atoms with van der Waals surface area (Å²) in [6.45, 7) is 0.762. The lowest BCUT2D eigenvalue weighted by Gasteiger charge is -2.18. The molecule has 5 nitrogen and oxygen atoms in total. The second-order valence-corrected chi connectivity index (χ2v) is 7.25. The van der Waals surface area contributed by atoms with Gasteiger partial charge in [-0.05, 0) is 18.6 Å². The smallest absolute Gasteiger partial charge is 0.264 e. The van der Waals surface area contributed by atoms with Crippen LogP contribution in [-0.4, -0.2) is 46.5 Å². The van der Waals surface area contributed by atoms with E-state index in [9.17, 15) is 17.6 Å². The first-order valence-electron chi connectivity index (χ1n) is 5.86. The standard InChI is InChI=1S/C12H14Cl2FNO4S/c1-16(4-3-5-20-2)12(17)9-6-8(13)7-10(11(9)15)21(14,18)19/h6-7H,3-5H2,1-2H3. The molecule has 21 heavy (non-hydrogen) atoms. The van der Waals surface area contributed by atoms with Gasteiger partial charge in [-0.1, -0.05) is 11.6 Å². The minimum atomic E-state index is -4.34. The number of benzene rings is 1. The van der Waals surface area contributed by atoms with E-state index >= 15 is 0 Å². The third kappa shape index (κ3) is 4.81. The molecular weight excluding hydrogens is 344 g/mol. The molecule has 0 atom stereocenters. The average Bonchev–Trinajstić information content (AvgIpc) is 2.39. The maximum Gasteiger partial charge on any atom is 0.264 e. The Kier molecular flexibility index (Phi) is 6.40. The second-order valence-electron chi connectivity index (χ2n) is 4.28. The summed E-state index contributed by atoms with van der Waals surface area (Å²) in [4.78, 5) is 12.6. The van der Waals surface area contributed by atoms with Crippen molar-refractivity contribution in [2.45, 2.75) is 11.3 Å². The first-order valence-corrected chi connectivity index (χ1v) is 8.55. The van der Waals surface area contributed by atoms with E-state index in [0.717, 1.165) is 12.1 Å². The Morgan fingerprint density at radius 3 is 2.57 bits per heavy atom. The maximum atomic E-state index is 14.2. The molecule has 0 aliphatic heterocycles. The third-order valence-electron chi connectivity index (χ3n) is 2.69. The van der Waals surface area contributed by atoms with Crippen LogP contribution in [0, 0.1) is 5.82 Å². The molecule has 118 valence electrons. The summed E-state index contributed by atoms with van der Waals surface area (Å²) in [6, 6.07) is 1.93. The molecule has 0 heterocycles. The van der Waals surface area contributed by atoms with E-state index < -0.39 is 31.2 Å². The summed E-state index contributed by atoms with van der Waals surface area (Å²) in [5, 5.41) is -0.0933. The van der Waals surface area contributed by atoms with Crippen molar-refractivity contribution in [3.63, 3.8) is 0 Å². The van der Waals surface area contributed by atoms with Crippen molar-refractivity contribution in [2.75, 3.05) is 27.3 Å². The molecule has 9 heteroatoms. The van der Waals surface area contributed by atoms with Crippen LogP contribution in [0.4, 0.5) is 4.39 Å². The lowest BCUT2D eigenvalue weighted by Crippen LogP contribution is -2.29. The van der Waals surface area contributed by atoms with Crippen molar-refractivity contribution in [3.05, 3.63) is 28.5 Å². The number of ether oxygens (including phenoxy) is 1. The average molecular weight is 358 g/mol. The van der Waals surface area contributed by atoms with Gasteiger partial charge in [0, 0.05) is 43.0 Å². The van der Waals surface area contributed by atoms with Gasteiger partial charge in [0.25, 0.3) is 15.0 Å². The lowest BCUT2D eigenvalue weighted by atomic mass is 10.2. The van der Waals surface area contributed by atoms with E-state index in [4.69, 9.17) is 27.0 Å². The lowest BCUT2D eigenvalue weighted by molar-refractivity contribution is 0.0774. The molecule has 0 saturated heterocycles. The summed E-state index contributed by atoms with van der Waals surface area (Å²) in [5.74, 6) is -1.90. The fraction of sp³-hybridized carbons (Fsp3) is 0.417. The van der Waals surface area contributed by atoms with Gasteiger partial charge in [0.05, 0.1) is 5.56 Å². The van der Waals surface area contributed by atoms with E-state index in [0.29, 0.717) is 19.6 Å². The van der Waals surface area contributed by atoms with Crippen LogP contribution in [0.5, 0.6) is 0 Å². The highest BCUT2D eigenvalue weighted by Crippen LogP contribution is 2.27. The van der Waals surface area contributed by atoms with Crippen molar-refractivity contribution in [1.82, 2.24) is 4.90 Å². The van der Waals surface area contributed by atoms with Crippen molar-refractivity contribution >= 4 is 37.2 Å². The first-order chi connectivity index (χ1) is 9.68. The van der Waals surface area contributed by atoms with Crippen molar-refractivity contribution < 1.29 is 22.3 Å². The molecule has 0 spiro atoms. The largest absolute Gasteiger partial charge is 0.385 e. The molecule has 0 saturated carbocycles. The molecule has 0 N–H and O–H groups in total. The number of hydrogen-bond acceptors (Lipinski definition) is 4. The summed E-state index contributed by atoms with van der Waals surface area (Å²) in [7, 11) is 3.78. The van der Waals surface area contributed by atoms with Crippen LogP contribution in [-0.2, 0) is 13.8 Å². The Morgan fingerprint density at radius 2 is 2.05 bits per heavy atom. The number of nitrogens with zero attached hydrogens (tertiary/aromatic N) is 1. The molecule has 0 aromatic heterocycles. The van der Waals surface area contributed by atoms with Crippen LogP contribution in [0.1, 0.15) is 16.8 Å². The Hall–Kier alpha value is -0.890. The summed E-state index contributed by atoms with van der Waals surface area (Å²) < 4.78 is 41.6. The predicted molar refractivity (Wildman–Crippen MR) is 77.9 cm³/mol. The number of hydrogen-bond donors (Lipinski definition) is 0. The van der Waals surface area contributed by atoms with Crippen LogP contribution < -0.4 is 0 Å². The maximum absolute atomic E-state index is 14.2. The highest BCUT2D eigenvalue weighted by molar-refractivity contribution is 8.13. The number of carbonyl (C=O) groups is 1. The Morgan fingerprint density at radius 1 is 1.43 bits per heavy atom. The van der Waals surface area contributed by atoms with Crippen LogP contribution in [0.3, 0.4) is 0 Å². The van der Waals surface area contributed by atoms with E-state index in [1.54, 1.807) is 0 Å². The number of rotatable bonds is 6.